The van der Waals surface area contributed by atoms with Crippen molar-refractivity contribution in [2.24, 2.45) is 0 Å². The van der Waals surface area contributed by atoms with E-state index in [1.54, 1.807) is 12.1 Å². The van der Waals surface area contributed by atoms with Crippen LogP contribution < -0.4 is 20.5 Å². The van der Waals surface area contributed by atoms with Gasteiger partial charge < -0.3 is 14.8 Å². The number of nitrogens with zero attached hydrogens (tertiary/aromatic N) is 4. The van der Waals surface area contributed by atoms with Crippen LogP contribution in [0.4, 0.5) is 10.1 Å². The van der Waals surface area contributed by atoms with Gasteiger partial charge in [-0.1, -0.05) is 6.92 Å². The quantitative estimate of drug-likeness (QED) is 0.475. The first-order valence-electron chi connectivity index (χ1n) is 10.0. The highest BCUT2D eigenvalue weighted by Crippen LogP contribution is 2.33. The third kappa shape index (κ3) is 3.86. The fourth-order valence-electron chi connectivity index (χ4n) is 3.51. The highest BCUT2D eigenvalue weighted by atomic mass is 19.1. The number of carbonyl (C=O) groups excluding carboxylic acids is 1. The van der Waals surface area contributed by atoms with Crippen molar-refractivity contribution >= 4 is 28.1 Å². The van der Waals surface area contributed by atoms with Gasteiger partial charge in [0.05, 0.1) is 19.7 Å². The zero-order valence-electron chi connectivity index (χ0n) is 17.9. The van der Waals surface area contributed by atoms with E-state index in [0.29, 0.717) is 46.0 Å². The Balaban J connectivity index is 1.86. The van der Waals surface area contributed by atoms with Crippen molar-refractivity contribution in [3.8, 4) is 11.5 Å². The Kier molecular flexibility index (Phi) is 5.76. The molecule has 1 amide bonds. The summed E-state index contributed by atoms with van der Waals surface area (Å²) in [5.74, 6) is 0.538. The van der Waals surface area contributed by atoms with Gasteiger partial charge in [-0.2, -0.15) is 4.52 Å². The molecule has 10 heteroatoms. The summed E-state index contributed by atoms with van der Waals surface area (Å²) in [6.07, 6.45) is 1.43. The van der Waals surface area contributed by atoms with Crippen LogP contribution in [0, 0.1) is 5.82 Å². The molecule has 4 rings (SSSR count). The second-order valence-corrected chi connectivity index (χ2v) is 7.16. The third-order valence-corrected chi connectivity index (χ3v) is 5.00. The van der Waals surface area contributed by atoms with Crippen LogP contribution in [0.5, 0.6) is 11.5 Å². The van der Waals surface area contributed by atoms with Crippen molar-refractivity contribution < 1.29 is 18.7 Å². The molecule has 0 bridgehead atoms. The first-order chi connectivity index (χ1) is 15.4. The number of anilines is 1. The molecule has 9 nitrogen and oxygen atoms in total. The van der Waals surface area contributed by atoms with E-state index >= 15 is 0 Å². The van der Waals surface area contributed by atoms with Gasteiger partial charge in [0.2, 0.25) is 5.91 Å². The summed E-state index contributed by atoms with van der Waals surface area (Å²) < 4.78 is 26.4. The van der Waals surface area contributed by atoms with Crippen LogP contribution in [-0.4, -0.2) is 39.3 Å². The van der Waals surface area contributed by atoms with E-state index in [2.05, 4.69) is 15.4 Å². The maximum Gasteiger partial charge on any atom is 0.351 e. The van der Waals surface area contributed by atoms with Gasteiger partial charge in [-0.25, -0.2) is 14.2 Å². The standard InChI is InChI=1S/C22H22FN5O4/c1-4-5-19-25-21-15-10-17(31-2)18(32-3)11-16(15)27(22(30)28(21)26-19)12-20(29)24-14-8-6-13(23)7-9-14/h6-11H,4-5,12H2,1-3H3,(H,24,29). The molecule has 166 valence electrons. The molecular formula is C22H22FN5O4. The van der Waals surface area contributed by atoms with Gasteiger partial charge in [-0.05, 0) is 36.8 Å². The summed E-state index contributed by atoms with van der Waals surface area (Å²) >= 11 is 0. The van der Waals surface area contributed by atoms with Crippen LogP contribution in [0.1, 0.15) is 19.2 Å². The van der Waals surface area contributed by atoms with E-state index in [1.165, 1.54) is 47.6 Å². The van der Waals surface area contributed by atoms with Crippen molar-refractivity contribution in [1.82, 2.24) is 19.2 Å². The maximum absolute atomic E-state index is 13.3. The predicted octanol–water partition coefficient (Wildman–Crippen LogP) is 2.79. The number of carbonyl (C=O) groups is 1. The van der Waals surface area contributed by atoms with Crippen molar-refractivity contribution in [2.75, 3.05) is 19.5 Å². The fourth-order valence-corrected chi connectivity index (χ4v) is 3.51. The van der Waals surface area contributed by atoms with Gasteiger partial charge in [0.25, 0.3) is 0 Å². The average molecular weight is 439 g/mol. The maximum atomic E-state index is 13.3. The molecule has 2 heterocycles. The normalized spacial score (nSPS) is 11.1. The van der Waals surface area contributed by atoms with E-state index in [-0.39, 0.29) is 6.54 Å². The molecule has 0 saturated heterocycles. The highest BCUT2D eigenvalue weighted by Gasteiger charge is 2.19. The molecule has 4 aromatic rings. The topological polar surface area (TPSA) is 99.7 Å². The Morgan fingerprint density at radius 3 is 2.47 bits per heavy atom. The predicted molar refractivity (Wildman–Crippen MR) is 117 cm³/mol. The minimum absolute atomic E-state index is 0.291. The monoisotopic (exact) mass is 439 g/mol. The minimum atomic E-state index is -0.510. The molecule has 0 aliphatic carbocycles. The second kappa shape index (κ2) is 8.66. The molecule has 1 N–H and O–H groups in total. The number of fused-ring (bicyclic) bond motifs is 3. The summed E-state index contributed by atoms with van der Waals surface area (Å²) in [6.45, 7) is 1.71. The smallest absolute Gasteiger partial charge is 0.351 e. The number of hydrogen-bond donors (Lipinski definition) is 1. The van der Waals surface area contributed by atoms with Gasteiger partial charge in [0.1, 0.15) is 12.4 Å². The third-order valence-electron chi connectivity index (χ3n) is 5.00. The van der Waals surface area contributed by atoms with Gasteiger partial charge >= 0.3 is 5.69 Å². The van der Waals surface area contributed by atoms with E-state index in [0.717, 1.165) is 6.42 Å². The number of hydrogen-bond acceptors (Lipinski definition) is 6. The highest BCUT2D eigenvalue weighted by molar-refractivity contribution is 5.96. The lowest BCUT2D eigenvalue weighted by Crippen LogP contribution is -2.32. The van der Waals surface area contributed by atoms with Crippen LogP contribution in [0.25, 0.3) is 16.6 Å². The Bertz CT molecular complexity index is 1360. The lowest BCUT2D eigenvalue weighted by Gasteiger charge is -2.14. The zero-order valence-corrected chi connectivity index (χ0v) is 17.9. The van der Waals surface area contributed by atoms with Crippen LogP contribution in [0.15, 0.2) is 41.2 Å². The Hall–Kier alpha value is -3.95. The van der Waals surface area contributed by atoms with Crippen molar-refractivity contribution in [3.63, 3.8) is 0 Å². The van der Waals surface area contributed by atoms with Crippen LogP contribution >= 0.6 is 0 Å². The SMILES string of the molecule is CCCc1nc2c3cc(OC)c(OC)cc3n(CC(=O)Nc3ccc(F)cc3)c(=O)n2n1. The summed E-state index contributed by atoms with van der Waals surface area (Å²) in [5, 5.41) is 7.60. The lowest BCUT2D eigenvalue weighted by molar-refractivity contribution is -0.116. The molecule has 0 spiro atoms. The summed E-state index contributed by atoms with van der Waals surface area (Å²) in [4.78, 5) is 30.5. The molecule has 32 heavy (non-hydrogen) atoms. The fraction of sp³-hybridized carbons (Fsp3) is 0.273. The van der Waals surface area contributed by atoms with Crippen LogP contribution in [-0.2, 0) is 17.8 Å². The number of nitrogens with one attached hydrogen (secondary N) is 1. The van der Waals surface area contributed by atoms with Crippen LogP contribution in [0.3, 0.4) is 0 Å². The van der Waals surface area contributed by atoms with Gasteiger partial charge in [-0.3, -0.25) is 9.36 Å². The molecule has 0 aliphatic heterocycles. The van der Waals surface area contributed by atoms with E-state index < -0.39 is 17.4 Å². The molecule has 0 radical (unpaired) electrons. The van der Waals surface area contributed by atoms with Crippen molar-refractivity contribution in [1.29, 1.82) is 0 Å². The molecule has 0 atom stereocenters. The molecule has 2 aromatic carbocycles. The number of aromatic nitrogens is 4. The number of amides is 1. The summed E-state index contributed by atoms with van der Waals surface area (Å²) in [7, 11) is 3.00. The van der Waals surface area contributed by atoms with E-state index in [9.17, 15) is 14.0 Å². The zero-order chi connectivity index (χ0) is 22.8. The molecule has 0 unspecified atom stereocenters. The number of benzene rings is 2. The second-order valence-electron chi connectivity index (χ2n) is 7.16. The van der Waals surface area contributed by atoms with E-state index in [4.69, 9.17) is 9.47 Å². The molecular weight excluding hydrogens is 417 g/mol. The molecule has 0 aliphatic rings. The number of halogens is 1. The molecule has 0 saturated carbocycles. The van der Waals surface area contributed by atoms with Gasteiger partial charge in [-0.15, -0.1) is 5.10 Å². The summed E-state index contributed by atoms with van der Waals surface area (Å²) in [6, 6.07) is 8.71. The minimum Gasteiger partial charge on any atom is -0.493 e. The number of methoxy groups -OCH3 is 2. The first-order valence-corrected chi connectivity index (χ1v) is 10.0. The molecule has 0 fully saturated rings. The van der Waals surface area contributed by atoms with Gasteiger partial charge in [0, 0.05) is 23.6 Å². The first kappa shape index (κ1) is 21.3. The Morgan fingerprint density at radius 1 is 1.12 bits per heavy atom. The lowest BCUT2D eigenvalue weighted by atomic mass is 10.2. The summed E-state index contributed by atoms with van der Waals surface area (Å²) in [5.41, 5.74) is 0.735. The largest absolute Gasteiger partial charge is 0.493 e. The number of ether oxygens (including phenoxy) is 2. The number of aryl methyl sites for hydroxylation is 1. The van der Waals surface area contributed by atoms with Crippen LogP contribution in [0.2, 0.25) is 0 Å². The molecule has 2 aromatic heterocycles. The number of rotatable bonds is 7. The van der Waals surface area contributed by atoms with E-state index in [1.807, 2.05) is 6.92 Å². The van der Waals surface area contributed by atoms with Crippen molar-refractivity contribution in [2.45, 2.75) is 26.3 Å². The average Bonchev–Trinajstić information content (AvgIpc) is 3.22. The van der Waals surface area contributed by atoms with Gasteiger partial charge in [0.15, 0.2) is 23.0 Å². The Morgan fingerprint density at radius 2 is 1.81 bits per heavy atom. The Labute approximate surface area is 182 Å². The van der Waals surface area contributed by atoms with Crippen molar-refractivity contribution in [3.05, 3.63) is 58.5 Å².